The molecule has 0 amide bonds. The van der Waals surface area contributed by atoms with Gasteiger partial charge in [0.2, 0.25) is 0 Å². The molecule has 16 heavy (non-hydrogen) atoms. The molecule has 0 aromatic heterocycles. The minimum Gasteiger partial charge on any atom is -0.392 e. The Morgan fingerprint density at radius 1 is 1.62 bits per heavy atom. The van der Waals surface area contributed by atoms with Crippen molar-refractivity contribution in [2.75, 3.05) is 26.3 Å². The molecule has 0 aromatic carbocycles. The van der Waals surface area contributed by atoms with Gasteiger partial charge in [0.1, 0.15) is 18.4 Å². The monoisotopic (exact) mass is 224 g/mol. The summed E-state index contributed by atoms with van der Waals surface area (Å²) in [6.07, 6.45) is 0.0977. The molecule has 4 nitrogen and oxygen atoms in total. The summed E-state index contributed by atoms with van der Waals surface area (Å²) in [7, 11) is 0. The lowest BCUT2D eigenvalue weighted by molar-refractivity contribution is -0.0303. The molecule has 1 aliphatic heterocycles. The Kier molecular flexibility index (Phi) is 5.91. The third kappa shape index (κ3) is 4.65. The van der Waals surface area contributed by atoms with Crippen molar-refractivity contribution in [1.82, 2.24) is 5.32 Å². The van der Waals surface area contributed by atoms with Gasteiger partial charge < -0.3 is 14.9 Å². The van der Waals surface area contributed by atoms with Gasteiger partial charge in [-0.05, 0) is 12.8 Å². The summed E-state index contributed by atoms with van der Waals surface area (Å²) in [5.41, 5.74) is 0.784. The van der Waals surface area contributed by atoms with Crippen LogP contribution in [0.25, 0.3) is 0 Å². The Morgan fingerprint density at radius 2 is 2.44 bits per heavy atom. The summed E-state index contributed by atoms with van der Waals surface area (Å²) in [6, 6.07) is 0. The number of nitrogens with zero attached hydrogens (tertiary/aromatic N) is 1. The van der Waals surface area contributed by atoms with Crippen molar-refractivity contribution in [1.29, 1.82) is 0 Å². The molecule has 1 saturated heterocycles. The van der Waals surface area contributed by atoms with Crippen LogP contribution in [0.2, 0.25) is 0 Å². The van der Waals surface area contributed by atoms with Crippen molar-refractivity contribution in [3.63, 3.8) is 0 Å². The van der Waals surface area contributed by atoms with Gasteiger partial charge in [-0.1, -0.05) is 24.9 Å². The van der Waals surface area contributed by atoms with E-state index in [-0.39, 0.29) is 12.0 Å². The average Bonchev–Trinajstić information content (AvgIpc) is 2.29. The second kappa shape index (κ2) is 7.26. The van der Waals surface area contributed by atoms with E-state index in [2.05, 4.69) is 22.3 Å². The number of rotatable bonds is 4. The van der Waals surface area contributed by atoms with Crippen molar-refractivity contribution in [2.24, 2.45) is 11.1 Å². The molecule has 1 N–H and O–H groups in total. The number of hydrogen-bond acceptors (Lipinski definition) is 4. The maximum absolute atomic E-state index is 5.49. The fourth-order valence-electron chi connectivity index (χ4n) is 1.32. The molecule has 1 rings (SSSR count). The largest absolute Gasteiger partial charge is 0.392 e. The van der Waals surface area contributed by atoms with Crippen LogP contribution in [0.15, 0.2) is 5.16 Å². The molecule has 0 aliphatic carbocycles. The first-order valence-electron chi connectivity index (χ1n) is 5.69. The van der Waals surface area contributed by atoms with Crippen LogP contribution in [0.5, 0.6) is 0 Å². The number of morpholine rings is 1. The van der Waals surface area contributed by atoms with E-state index in [1.165, 1.54) is 0 Å². The van der Waals surface area contributed by atoms with Gasteiger partial charge in [0.15, 0.2) is 0 Å². The Bertz CT molecular complexity index is 283. The second-order valence-electron chi connectivity index (χ2n) is 4.00. The maximum atomic E-state index is 5.49. The number of hydrogen-bond donors (Lipinski definition) is 1. The van der Waals surface area contributed by atoms with Crippen molar-refractivity contribution in [3.8, 4) is 11.8 Å². The SMILES string of the molecule is CC#C/C(=N\OC[C@H]1CNCCO1)C(C)C. The first kappa shape index (κ1) is 13.0. The topological polar surface area (TPSA) is 42.8 Å². The van der Waals surface area contributed by atoms with Gasteiger partial charge in [-0.15, -0.1) is 0 Å². The van der Waals surface area contributed by atoms with Crippen LogP contribution >= 0.6 is 0 Å². The molecule has 0 saturated carbocycles. The minimum atomic E-state index is 0.0977. The predicted octanol–water partition coefficient (Wildman–Crippen LogP) is 1.03. The molecule has 1 atom stereocenters. The first-order chi connectivity index (χ1) is 7.74. The summed E-state index contributed by atoms with van der Waals surface area (Å²) < 4.78 is 5.49. The quantitative estimate of drug-likeness (QED) is 0.440. The number of oxime groups is 1. The first-order valence-corrected chi connectivity index (χ1v) is 5.69. The predicted molar refractivity (Wildman–Crippen MR) is 64.3 cm³/mol. The van der Waals surface area contributed by atoms with Crippen LogP contribution in [0.4, 0.5) is 0 Å². The van der Waals surface area contributed by atoms with Gasteiger partial charge in [-0.25, -0.2) is 0 Å². The molecule has 1 aliphatic rings. The highest BCUT2D eigenvalue weighted by atomic mass is 16.6. The van der Waals surface area contributed by atoms with Crippen molar-refractivity contribution < 1.29 is 9.57 Å². The van der Waals surface area contributed by atoms with E-state index in [1.54, 1.807) is 6.92 Å². The number of nitrogens with one attached hydrogen (secondary N) is 1. The fourth-order valence-corrected chi connectivity index (χ4v) is 1.32. The highest BCUT2D eigenvalue weighted by molar-refractivity contribution is 6.01. The van der Waals surface area contributed by atoms with Gasteiger partial charge >= 0.3 is 0 Å². The zero-order valence-corrected chi connectivity index (χ0v) is 10.2. The van der Waals surface area contributed by atoms with E-state index in [9.17, 15) is 0 Å². The van der Waals surface area contributed by atoms with E-state index in [4.69, 9.17) is 9.57 Å². The zero-order chi connectivity index (χ0) is 11.8. The molecular formula is C12H20N2O2. The van der Waals surface area contributed by atoms with Gasteiger partial charge in [0, 0.05) is 19.0 Å². The molecule has 0 unspecified atom stereocenters. The summed E-state index contributed by atoms with van der Waals surface area (Å²) >= 11 is 0. The summed E-state index contributed by atoms with van der Waals surface area (Å²) in [4.78, 5) is 5.27. The maximum Gasteiger partial charge on any atom is 0.144 e. The van der Waals surface area contributed by atoms with Gasteiger partial charge in [-0.2, -0.15) is 0 Å². The minimum absolute atomic E-state index is 0.0977. The average molecular weight is 224 g/mol. The standard InChI is InChI=1S/C12H20N2O2/c1-4-5-12(10(2)3)14-16-9-11-8-13-6-7-15-11/h10-11,13H,6-9H2,1-3H3/b14-12+/t11-/m1/s1. The Balaban J connectivity index is 2.34. The zero-order valence-electron chi connectivity index (χ0n) is 10.2. The summed E-state index contributed by atoms with van der Waals surface area (Å²) in [6.45, 7) is 8.85. The smallest absolute Gasteiger partial charge is 0.144 e. The summed E-state index contributed by atoms with van der Waals surface area (Å²) in [5.74, 6) is 6.06. The Labute approximate surface area is 97.4 Å². The highest BCUT2D eigenvalue weighted by Crippen LogP contribution is 2.00. The van der Waals surface area contributed by atoms with Crippen LogP contribution in [-0.2, 0) is 9.57 Å². The van der Waals surface area contributed by atoms with E-state index in [0.717, 1.165) is 25.4 Å². The molecule has 0 radical (unpaired) electrons. The highest BCUT2D eigenvalue weighted by Gasteiger charge is 2.13. The van der Waals surface area contributed by atoms with E-state index < -0.39 is 0 Å². The lowest BCUT2D eigenvalue weighted by atomic mass is 10.1. The molecule has 90 valence electrons. The Morgan fingerprint density at radius 3 is 3.00 bits per heavy atom. The van der Waals surface area contributed by atoms with Crippen LogP contribution < -0.4 is 5.32 Å². The second-order valence-corrected chi connectivity index (χ2v) is 4.00. The van der Waals surface area contributed by atoms with Crippen molar-refractivity contribution >= 4 is 5.71 Å². The normalized spacial score (nSPS) is 21.5. The molecular weight excluding hydrogens is 204 g/mol. The van der Waals surface area contributed by atoms with E-state index in [1.807, 2.05) is 13.8 Å². The molecule has 1 heterocycles. The molecule has 0 spiro atoms. The third-order valence-corrected chi connectivity index (χ3v) is 2.23. The third-order valence-electron chi connectivity index (χ3n) is 2.23. The van der Waals surface area contributed by atoms with Gasteiger partial charge in [-0.3, -0.25) is 0 Å². The van der Waals surface area contributed by atoms with Gasteiger partial charge in [0.25, 0.3) is 0 Å². The van der Waals surface area contributed by atoms with Crippen LogP contribution in [0, 0.1) is 17.8 Å². The Hall–Kier alpha value is -1.05. The van der Waals surface area contributed by atoms with Crippen LogP contribution in [-0.4, -0.2) is 38.1 Å². The van der Waals surface area contributed by atoms with Crippen LogP contribution in [0.3, 0.4) is 0 Å². The lowest BCUT2D eigenvalue weighted by Gasteiger charge is -2.22. The molecule has 4 heteroatoms. The molecule has 1 fully saturated rings. The fraction of sp³-hybridized carbons (Fsp3) is 0.750. The van der Waals surface area contributed by atoms with Gasteiger partial charge in [0.05, 0.1) is 6.61 Å². The van der Waals surface area contributed by atoms with E-state index >= 15 is 0 Å². The number of ether oxygens (including phenoxy) is 1. The van der Waals surface area contributed by atoms with Crippen LogP contribution in [0.1, 0.15) is 20.8 Å². The van der Waals surface area contributed by atoms with Crippen molar-refractivity contribution in [3.05, 3.63) is 0 Å². The summed E-state index contributed by atoms with van der Waals surface area (Å²) in [5, 5.41) is 7.28. The molecule has 0 bridgehead atoms. The van der Waals surface area contributed by atoms with Crippen molar-refractivity contribution in [2.45, 2.75) is 26.9 Å². The molecule has 0 aromatic rings. The lowest BCUT2D eigenvalue weighted by Crippen LogP contribution is -2.40. The van der Waals surface area contributed by atoms with E-state index in [0.29, 0.717) is 6.61 Å².